The van der Waals surface area contributed by atoms with E-state index in [1.165, 1.54) is 6.33 Å². The van der Waals surface area contributed by atoms with Crippen LogP contribution in [0, 0.1) is 11.8 Å². The first-order valence-corrected chi connectivity index (χ1v) is 14.1. The van der Waals surface area contributed by atoms with Crippen molar-refractivity contribution in [1.82, 2.24) is 19.4 Å². The van der Waals surface area contributed by atoms with Crippen LogP contribution in [0.3, 0.4) is 0 Å². The second-order valence-corrected chi connectivity index (χ2v) is 11.8. The number of amides is 1. The number of aromatic nitrogens is 3. The number of rotatable bonds is 3. The first-order valence-electron chi connectivity index (χ1n) is 12.2. The Hall–Kier alpha value is -3.64. The van der Waals surface area contributed by atoms with Gasteiger partial charge in [0.25, 0.3) is 5.91 Å². The number of nitrogens with two attached hydrogens (primary N) is 1. The summed E-state index contributed by atoms with van der Waals surface area (Å²) < 4.78 is 19.8. The Bertz CT molecular complexity index is 1540. The Balaban J connectivity index is 1.59. The van der Waals surface area contributed by atoms with E-state index in [0.717, 1.165) is 58.4 Å². The number of hydrogen-bond acceptors (Lipinski definition) is 6. The average Bonchev–Trinajstić information content (AvgIpc) is 3.18. The van der Waals surface area contributed by atoms with Crippen molar-refractivity contribution in [2.45, 2.75) is 32.6 Å². The van der Waals surface area contributed by atoms with Crippen molar-refractivity contribution in [2.75, 3.05) is 30.3 Å². The minimum atomic E-state index is -2.17. The Morgan fingerprint density at radius 2 is 1.89 bits per heavy atom. The van der Waals surface area contributed by atoms with Gasteiger partial charge in [0.05, 0.1) is 26.5 Å². The van der Waals surface area contributed by atoms with Gasteiger partial charge in [0.2, 0.25) is 0 Å². The second kappa shape index (κ2) is 9.78. The molecule has 0 atom stereocenters. The molecule has 1 saturated heterocycles. The normalized spacial score (nSPS) is 17.3. The molecule has 0 spiro atoms. The van der Waals surface area contributed by atoms with Crippen LogP contribution in [0.15, 0.2) is 41.0 Å². The molecule has 2 N–H and O–H groups in total. The molecule has 4 heterocycles. The fraction of sp³-hybridized carbons (Fsp3) is 0.370. The zero-order valence-electron chi connectivity index (χ0n) is 20.7. The summed E-state index contributed by atoms with van der Waals surface area (Å²) in [4.78, 5) is 22.8. The highest BCUT2D eigenvalue weighted by atomic mass is 32.2. The molecule has 2 aliphatic rings. The van der Waals surface area contributed by atoms with Crippen LogP contribution in [0.5, 0.6) is 0 Å². The van der Waals surface area contributed by atoms with Crippen LogP contribution in [0.1, 0.15) is 38.3 Å². The predicted octanol–water partition coefficient (Wildman–Crippen LogP) is 4.14. The summed E-state index contributed by atoms with van der Waals surface area (Å²) in [6, 6.07) is 7.87. The molecule has 2 aromatic heterocycles. The van der Waals surface area contributed by atoms with Gasteiger partial charge in [-0.1, -0.05) is 30.6 Å². The van der Waals surface area contributed by atoms with Gasteiger partial charge >= 0.3 is 0 Å². The van der Waals surface area contributed by atoms with Crippen LogP contribution in [-0.2, 0) is 21.6 Å². The third-order valence-electron chi connectivity index (χ3n) is 6.88. The van der Waals surface area contributed by atoms with E-state index in [-0.39, 0.29) is 5.91 Å². The van der Waals surface area contributed by atoms with Crippen LogP contribution >= 0.6 is 0 Å². The molecule has 1 aromatic carbocycles. The van der Waals surface area contributed by atoms with Gasteiger partial charge in [-0.3, -0.25) is 4.79 Å². The van der Waals surface area contributed by atoms with E-state index in [9.17, 15) is 9.00 Å². The predicted molar refractivity (Wildman–Crippen MR) is 145 cm³/mol. The van der Waals surface area contributed by atoms with Crippen molar-refractivity contribution in [3.63, 3.8) is 0 Å². The Morgan fingerprint density at radius 3 is 2.56 bits per heavy atom. The zero-order chi connectivity index (χ0) is 25.3. The summed E-state index contributed by atoms with van der Waals surface area (Å²) in [7, 11) is -0.192. The molecule has 1 amide bonds. The van der Waals surface area contributed by atoms with Gasteiger partial charge in [0.1, 0.15) is 17.8 Å². The third kappa shape index (κ3) is 4.49. The highest BCUT2D eigenvalue weighted by Gasteiger charge is 2.25. The van der Waals surface area contributed by atoms with E-state index in [1.54, 1.807) is 11.8 Å². The van der Waals surface area contributed by atoms with Crippen LogP contribution in [0.25, 0.3) is 27.7 Å². The Kier molecular flexibility index (Phi) is 6.54. The zero-order valence-corrected chi connectivity index (χ0v) is 21.5. The van der Waals surface area contributed by atoms with Gasteiger partial charge in [0.15, 0.2) is 0 Å². The van der Waals surface area contributed by atoms with Crippen molar-refractivity contribution >= 4 is 43.7 Å². The number of benzene rings is 1. The lowest BCUT2D eigenvalue weighted by atomic mass is 9.95. The smallest absolute Gasteiger partial charge is 0.298 e. The van der Waals surface area contributed by atoms with Crippen LogP contribution in [0.4, 0.5) is 11.5 Å². The SMILES string of the molecule is CC#CC(=O)N1CC=C(c2c(-c3ccc(N=S4(=O)CCCCC4)cc3)c3c(N)ncnc3n2C)CC1. The summed E-state index contributed by atoms with van der Waals surface area (Å²) in [5, 5.41) is 0.800. The van der Waals surface area contributed by atoms with Gasteiger partial charge in [-0.05, 0) is 55.4 Å². The fourth-order valence-corrected chi connectivity index (χ4v) is 7.30. The van der Waals surface area contributed by atoms with E-state index >= 15 is 0 Å². The maximum atomic E-state index is 13.1. The number of hydrogen-bond donors (Lipinski definition) is 1. The monoisotopic (exact) mass is 502 g/mol. The van der Waals surface area contributed by atoms with Crippen molar-refractivity contribution in [2.24, 2.45) is 11.4 Å². The molecule has 36 heavy (non-hydrogen) atoms. The van der Waals surface area contributed by atoms with Crippen molar-refractivity contribution < 1.29 is 9.00 Å². The van der Waals surface area contributed by atoms with Crippen LogP contribution in [-0.4, -0.2) is 54.1 Å². The molecule has 0 saturated carbocycles. The molecular formula is C27H30N6O2S. The minimum absolute atomic E-state index is 0.157. The Labute approximate surface area is 211 Å². The first kappa shape index (κ1) is 24.1. The van der Waals surface area contributed by atoms with E-state index in [2.05, 4.69) is 36.8 Å². The molecule has 8 nitrogen and oxygen atoms in total. The summed E-state index contributed by atoms with van der Waals surface area (Å²) in [5.41, 5.74) is 11.9. The summed E-state index contributed by atoms with van der Waals surface area (Å²) in [5.74, 6) is 6.92. The topological polar surface area (TPSA) is 106 Å². The molecule has 0 aliphatic carbocycles. The number of fused-ring (bicyclic) bond motifs is 1. The maximum absolute atomic E-state index is 13.1. The molecule has 5 rings (SSSR count). The summed E-state index contributed by atoms with van der Waals surface area (Å²) in [6.07, 6.45) is 7.33. The van der Waals surface area contributed by atoms with Crippen molar-refractivity contribution in [3.8, 4) is 23.0 Å². The number of carbonyl (C=O) groups is 1. The lowest BCUT2D eigenvalue weighted by Gasteiger charge is -2.25. The second-order valence-electron chi connectivity index (χ2n) is 9.23. The van der Waals surface area contributed by atoms with Gasteiger partial charge in [-0.25, -0.2) is 14.2 Å². The fourth-order valence-electron chi connectivity index (χ4n) is 5.09. The Morgan fingerprint density at radius 1 is 1.14 bits per heavy atom. The number of carbonyl (C=O) groups excluding carboxylic acids is 1. The third-order valence-corrected chi connectivity index (χ3v) is 9.28. The van der Waals surface area contributed by atoms with Gasteiger partial charge < -0.3 is 15.2 Å². The number of nitrogens with zero attached hydrogens (tertiary/aromatic N) is 5. The first-order chi connectivity index (χ1) is 17.4. The van der Waals surface area contributed by atoms with Gasteiger partial charge in [-0.2, -0.15) is 4.36 Å². The van der Waals surface area contributed by atoms with Crippen LogP contribution in [0.2, 0.25) is 0 Å². The molecule has 3 aromatic rings. The molecule has 1 fully saturated rings. The van der Waals surface area contributed by atoms with Crippen LogP contribution < -0.4 is 5.73 Å². The summed E-state index contributed by atoms with van der Waals surface area (Å²) in [6.45, 7) is 2.76. The standard InChI is InChI=1S/C27H30N6O2S/c1-3-7-22(34)33-14-12-20(13-15-33)25-23(24-26(28)29-18-30-27(24)32(25)2)19-8-10-21(11-9-19)31-36(35)16-5-4-6-17-36/h8-12,18H,4-6,13-17H2,1-2H3,(H2,28,29,30). The van der Waals surface area contributed by atoms with E-state index in [4.69, 9.17) is 5.73 Å². The quantitative estimate of drug-likeness (QED) is 0.542. The summed E-state index contributed by atoms with van der Waals surface area (Å²) >= 11 is 0. The van der Waals surface area contributed by atoms with Crippen molar-refractivity contribution in [3.05, 3.63) is 42.4 Å². The number of aryl methyl sites for hydroxylation is 1. The molecule has 0 unspecified atom stereocenters. The largest absolute Gasteiger partial charge is 0.383 e. The lowest BCUT2D eigenvalue weighted by Crippen LogP contribution is -2.33. The highest BCUT2D eigenvalue weighted by Crippen LogP contribution is 2.41. The minimum Gasteiger partial charge on any atom is -0.383 e. The van der Waals surface area contributed by atoms with E-state index in [0.29, 0.717) is 36.8 Å². The van der Waals surface area contributed by atoms with E-state index in [1.807, 2.05) is 31.3 Å². The highest BCUT2D eigenvalue weighted by molar-refractivity contribution is 7.93. The number of anilines is 1. The number of nitrogen functional groups attached to an aromatic ring is 1. The van der Waals surface area contributed by atoms with Gasteiger partial charge in [0, 0.05) is 37.2 Å². The molecule has 2 aliphatic heterocycles. The lowest BCUT2D eigenvalue weighted by molar-refractivity contribution is -0.124. The molecule has 0 radical (unpaired) electrons. The van der Waals surface area contributed by atoms with Crippen molar-refractivity contribution in [1.29, 1.82) is 0 Å². The molecule has 186 valence electrons. The molecule has 9 heteroatoms. The maximum Gasteiger partial charge on any atom is 0.298 e. The van der Waals surface area contributed by atoms with E-state index < -0.39 is 9.73 Å². The molecule has 0 bridgehead atoms. The van der Waals surface area contributed by atoms with Gasteiger partial charge in [-0.15, -0.1) is 0 Å². The molecular weight excluding hydrogens is 472 g/mol. The average molecular weight is 503 g/mol.